The first-order valence-corrected chi connectivity index (χ1v) is 9.37. The summed E-state index contributed by atoms with van der Waals surface area (Å²) >= 11 is 0. The quantitative estimate of drug-likeness (QED) is 0.887. The van der Waals surface area contributed by atoms with Crippen LogP contribution in [0.3, 0.4) is 0 Å². The lowest BCUT2D eigenvalue weighted by Crippen LogP contribution is -2.35. The van der Waals surface area contributed by atoms with E-state index < -0.39 is 0 Å². The molecular formula is C19H27ClFN5. The number of fused-ring (bicyclic) bond motifs is 1. The molecule has 0 saturated carbocycles. The summed E-state index contributed by atoms with van der Waals surface area (Å²) in [6.07, 6.45) is 3.02. The Kier molecular flexibility index (Phi) is 6.27. The van der Waals surface area contributed by atoms with Crippen molar-refractivity contribution in [2.24, 2.45) is 0 Å². The van der Waals surface area contributed by atoms with Crippen LogP contribution in [0, 0.1) is 5.82 Å². The summed E-state index contributed by atoms with van der Waals surface area (Å²) in [6.45, 7) is 7.55. The molecule has 0 amide bonds. The Labute approximate surface area is 160 Å². The molecule has 1 fully saturated rings. The number of likely N-dealkylation sites (tertiary alicyclic amines) is 1. The van der Waals surface area contributed by atoms with Gasteiger partial charge in [-0.25, -0.2) is 4.39 Å². The van der Waals surface area contributed by atoms with E-state index in [1.807, 2.05) is 12.1 Å². The molecule has 1 saturated heterocycles. The van der Waals surface area contributed by atoms with Crippen LogP contribution in [0.2, 0.25) is 0 Å². The van der Waals surface area contributed by atoms with Crippen molar-refractivity contribution in [1.29, 1.82) is 0 Å². The molecule has 3 heterocycles. The molecule has 2 aromatic rings. The van der Waals surface area contributed by atoms with Crippen molar-refractivity contribution < 1.29 is 4.39 Å². The number of aryl methyl sites for hydroxylation is 1. The van der Waals surface area contributed by atoms with Crippen LogP contribution in [0.4, 0.5) is 4.39 Å². The van der Waals surface area contributed by atoms with Gasteiger partial charge in [0, 0.05) is 31.1 Å². The third-order valence-corrected chi connectivity index (χ3v) is 5.58. The molecule has 1 N–H and O–H groups in total. The van der Waals surface area contributed by atoms with E-state index in [0.717, 1.165) is 74.8 Å². The van der Waals surface area contributed by atoms with Gasteiger partial charge in [-0.05, 0) is 44.0 Å². The molecule has 0 atom stereocenters. The minimum absolute atomic E-state index is 0. The summed E-state index contributed by atoms with van der Waals surface area (Å²) in [5, 5.41) is 12.1. The first-order chi connectivity index (χ1) is 12.3. The maximum Gasteiger partial charge on any atom is 0.147 e. The predicted molar refractivity (Wildman–Crippen MR) is 102 cm³/mol. The second kappa shape index (κ2) is 8.46. The fraction of sp³-hybridized carbons (Fsp3) is 0.579. The maximum absolute atomic E-state index is 14.2. The normalized spacial score (nSPS) is 18.4. The Bertz CT molecular complexity index is 740. The SMILES string of the molecule is CCc1cccc(F)c1CN1CCC(c2nnc3n2CCNC3)CC1.Cl. The second-order valence-corrected chi connectivity index (χ2v) is 7.08. The number of aromatic nitrogens is 3. The molecule has 4 rings (SSSR count). The lowest BCUT2D eigenvalue weighted by atomic mass is 9.94. The summed E-state index contributed by atoms with van der Waals surface area (Å²) in [5.74, 6) is 2.61. The van der Waals surface area contributed by atoms with Crippen LogP contribution >= 0.6 is 12.4 Å². The van der Waals surface area contributed by atoms with Gasteiger partial charge in [0.1, 0.15) is 17.5 Å². The topological polar surface area (TPSA) is 46.0 Å². The smallest absolute Gasteiger partial charge is 0.147 e. The van der Waals surface area contributed by atoms with E-state index in [2.05, 4.69) is 31.9 Å². The Morgan fingerprint density at radius 1 is 1.19 bits per heavy atom. The molecular weight excluding hydrogens is 353 g/mol. The molecule has 0 radical (unpaired) electrons. The van der Waals surface area contributed by atoms with Crippen molar-refractivity contribution >= 4 is 12.4 Å². The Balaban J connectivity index is 0.00000196. The Morgan fingerprint density at radius 3 is 2.77 bits per heavy atom. The van der Waals surface area contributed by atoms with Gasteiger partial charge < -0.3 is 9.88 Å². The highest BCUT2D eigenvalue weighted by atomic mass is 35.5. The van der Waals surface area contributed by atoms with Crippen molar-refractivity contribution in [2.45, 2.75) is 51.7 Å². The van der Waals surface area contributed by atoms with Gasteiger partial charge in [-0.2, -0.15) is 0 Å². The molecule has 1 aromatic carbocycles. The zero-order chi connectivity index (χ0) is 17.2. The molecule has 2 aliphatic heterocycles. The van der Waals surface area contributed by atoms with Gasteiger partial charge >= 0.3 is 0 Å². The monoisotopic (exact) mass is 379 g/mol. The number of halogens is 2. The van der Waals surface area contributed by atoms with Crippen LogP contribution in [-0.4, -0.2) is 39.3 Å². The number of nitrogens with zero attached hydrogens (tertiary/aromatic N) is 4. The maximum atomic E-state index is 14.2. The van der Waals surface area contributed by atoms with Crippen molar-refractivity contribution in [3.8, 4) is 0 Å². The highest BCUT2D eigenvalue weighted by molar-refractivity contribution is 5.85. The Hall–Kier alpha value is -1.50. The first kappa shape index (κ1) is 19.3. The standard InChI is InChI=1S/C19H26FN5.ClH/c1-2-14-4-3-5-17(20)16(14)13-24-9-6-15(7-10-24)19-23-22-18-12-21-8-11-25(18)19;/h3-5,15,21H,2,6-13H2,1H3;1H. The van der Waals surface area contributed by atoms with Crippen LogP contribution < -0.4 is 5.32 Å². The van der Waals surface area contributed by atoms with Crippen LogP contribution in [0.5, 0.6) is 0 Å². The molecule has 5 nitrogen and oxygen atoms in total. The van der Waals surface area contributed by atoms with E-state index in [1.54, 1.807) is 6.07 Å². The number of piperidine rings is 1. The van der Waals surface area contributed by atoms with Gasteiger partial charge in [0.15, 0.2) is 0 Å². The molecule has 1 aromatic heterocycles. The van der Waals surface area contributed by atoms with Crippen LogP contribution in [0.25, 0.3) is 0 Å². The lowest BCUT2D eigenvalue weighted by Gasteiger charge is -2.32. The zero-order valence-corrected chi connectivity index (χ0v) is 16.1. The Morgan fingerprint density at radius 2 is 2.00 bits per heavy atom. The van der Waals surface area contributed by atoms with E-state index in [0.29, 0.717) is 12.5 Å². The summed E-state index contributed by atoms with van der Waals surface area (Å²) in [5.41, 5.74) is 2.00. The average Bonchev–Trinajstić information content (AvgIpc) is 3.08. The largest absolute Gasteiger partial charge is 0.312 e. The summed E-state index contributed by atoms with van der Waals surface area (Å²) in [6, 6.07) is 5.44. The zero-order valence-electron chi connectivity index (χ0n) is 15.2. The molecule has 0 spiro atoms. The minimum atomic E-state index is -0.0690. The number of nitrogens with one attached hydrogen (secondary N) is 1. The number of benzene rings is 1. The van der Waals surface area contributed by atoms with Crippen LogP contribution in [0.1, 0.15) is 48.5 Å². The van der Waals surface area contributed by atoms with Crippen LogP contribution in [0.15, 0.2) is 18.2 Å². The van der Waals surface area contributed by atoms with Gasteiger partial charge in [0.2, 0.25) is 0 Å². The summed E-state index contributed by atoms with van der Waals surface area (Å²) in [4.78, 5) is 2.38. The first-order valence-electron chi connectivity index (χ1n) is 9.37. The van der Waals surface area contributed by atoms with Gasteiger partial charge in [0.25, 0.3) is 0 Å². The second-order valence-electron chi connectivity index (χ2n) is 7.08. The molecule has 0 unspecified atom stereocenters. The van der Waals surface area contributed by atoms with E-state index in [-0.39, 0.29) is 18.2 Å². The summed E-state index contributed by atoms with van der Waals surface area (Å²) in [7, 11) is 0. The van der Waals surface area contributed by atoms with Gasteiger partial charge in [-0.15, -0.1) is 22.6 Å². The fourth-order valence-electron chi connectivity index (χ4n) is 4.10. The molecule has 26 heavy (non-hydrogen) atoms. The van der Waals surface area contributed by atoms with Gasteiger partial charge in [-0.1, -0.05) is 19.1 Å². The van der Waals surface area contributed by atoms with Gasteiger partial charge in [0.05, 0.1) is 6.54 Å². The number of rotatable bonds is 4. The third-order valence-electron chi connectivity index (χ3n) is 5.58. The van der Waals surface area contributed by atoms with Crippen LogP contribution in [-0.2, 0) is 26.1 Å². The van der Waals surface area contributed by atoms with Crippen molar-refractivity contribution in [3.05, 3.63) is 46.8 Å². The fourth-order valence-corrected chi connectivity index (χ4v) is 4.10. The minimum Gasteiger partial charge on any atom is -0.312 e. The van der Waals surface area contributed by atoms with E-state index in [1.165, 1.54) is 0 Å². The van der Waals surface area contributed by atoms with E-state index in [4.69, 9.17) is 0 Å². The average molecular weight is 380 g/mol. The van der Waals surface area contributed by atoms with Crippen molar-refractivity contribution in [2.75, 3.05) is 19.6 Å². The molecule has 0 bridgehead atoms. The molecule has 7 heteroatoms. The predicted octanol–water partition coefficient (Wildman–Crippen LogP) is 2.88. The highest BCUT2D eigenvalue weighted by Gasteiger charge is 2.27. The number of hydrogen-bond acceptors (Lipinski definition) is 4. The van der Waals surface area contributed by atoms with E-state index >= 15 is 0 Å². The van der Waals surface area contributed by atoms with Crippen molar-refractivity contribution in [3.63, 3.8) is 0 Å². The third kappa shape index (κ3) is 3.77. The van der Waals surface area contributed by atoms with Gasteiger partial charge in [-0.3, -0.25) is 4.90 Å². The molecule has 2 aliphatic rings. The van der Waals surface area contributed by atoms with Crippen molar-refractivity contribution in [1.82, 2.24) is 25.0 Å². The molecule has 142 valence electrons. The lowest BCUT2D eigenvalue weighted by molar-refractivity contribution is 0.197. The molecule has 0 aliphatic carbocycles. The highest BCUT2D eigenvalue weighted by Crippen LogP contribution is 2.29. The van der Waals surface area contributed by atoms with E-state index in [9.17, 15) is 4.39 Å². The summed E-state index contributed by atoms with van der Waals surface area (Å²) < 4.78 is 16.5. The number of hydrogen-bond donors (Lipinski definition) is 1.